The van der Waals surface area contributed by atoms with Gasteiger partial charge in [-0.3, -0.25) is 4.90 Å². The summed E-state index contributed by atoms with van der Waals surface area (Å²) in [5.41, 5.74) is 2.12. The van der Waals surface area contributed by atoms with Crippen LogP contribution >= 0.6 is 0 Å². The summed E-state index contributed by atoms with van der Waals surface area (Å²) in [7, 11) is 0. The van der Waals surface area contributed by atoms with Gasteiger partial charge in [-0.25, -0.2) is 0 Å². The van der Waals surface area contributed by atoms with Crippen LogP contribution in [0.1, 0.15) is 82.6 Å². The average Bonchev–Trinajstić information content (AvgIpc) is 2.77. The van der Waals surface area contributed by atoms with Crippen molar-refractivity contribution in [3.05, 3.63) is 42.0 Å². The zero-order chi connectivity index (χ0) is 19.5. The van der Waals surface area contributed by atoms with Gasteiger partial charge in [0.1, 0.15) is 5.75 Å². The maximum Gasteiger partial charge on any atom is 0.120 e. The number of benzene rings is 2. The molecule has 0 N–H and O–H groups in total. The lowest BCUT2D eigenvalue weighted by molar-refractivity contribution is 0.0524. The van der Waals surface area contributed by atoms with E-state index < -0.39 is 0 Å². The smallest absolute Gasteiger partial charge is 0.120 e. The molecular formula is C27H37NO. The van der Waals surface area contributed by atoms with Gasteiger partial charge in [-0.15, -0.1) is 0 Å². The number of rotatable bonds is 4. The molecule has 1 heterocycles. The van der Waals surface area contributed by atoms with Crippen LogP contribution in [0.2, 0.25) is 0 Å². The molecule has 29 heavy (non-hydrogen) atoms. The molecule has 0 radical (unpaired) electrons. The molecule has 0 bridgehead atoms. The van der Waals surface area contributed by atoms with Crippen molar-refractivity contribution in [1.29, 1.82) is 0 Å². The predicted octanol–water partition coefficient (Wildman–Crippen LogP) is 7.10. The highest BCUT2D eigenvalue weighted by atomic mass is 16.5. The molecule has 1 aliphatic heterocycles. The van der Waals surface area contributed by atoms with Crippen molar-refractivity contribution in [2.75, 3.05) is 13.1 Å². The van der Waals surface area contributed by atoms with Crippen molar-refractivity contribution in [3.8, 4) is 5.75 Å². The van der Waals surface area contributed by atoms with Crippen molar-refractivity contribution in [2.45, 2.75) is 89.7 Å². The molecule has 156 valence electrons. The van der Waals surface area contributed by atoms with E-state index in [1.165, 1.54) is 106 Å². The molecule has 5 rings (SSSR count). The van der Waals surface area contributed by atoms with Crippen molar-refractivity contribution in [2.24, 2.45) is 5.41 Å². The zero-order valence-corrected chi connectivity index (χ0v) is 18.0. The molecule has 0 atom stereocenters. The highest BCUT2D eigenvalue weighted by Gasteiger charge is 2.36. The van der Waals surface area contributed by atoms with E-state index in [-0.39, 0.29) is 0 Å². The van der Waals surface area contributed by atoms with Gasteiger partial charge in [0.2, 0.25) is 0 Å². The Hall–Kier alpha value is -1.54. The number of fused-ring (bicyclic) bond motifs is 1. The molecule has 1 saturated heterocycles. The van der Waals surface area contributed by atoms with Gasteiger partial charge in [0.25, 0.3) is 0 Å². The summed E-state index contributed by atoms with van der Waals surface area (Å²) >= 11 is 0. The second-order valence-electron chi connectivity index (χ2n) is 10.1. The first-order chi connectivity index (χ1) is 14.3. The van der Waals surface area contributed by atoms with Crippen LogP contribution in [0.5, 0.6) is 5.75 Å². The molecule has 3 fully saturated rings. The third kappa shape index (κ3) is 4.63. The first-order valence-corrected chi connectivity index (χ1v) is 12.2. The quantitative estimate of drug-likeness (QED) is 0.551. The number of nitrogens with zero attached hydrogens (tertiary/aromatic N) is 1. The van der Waals surface area contributed by atoms with E-state index >= 15 is 0 Å². The first-order valence-electron chi connectivity index (χ1n) is 12.2. The summed E-state index contributed by atoms with van der Waals surface area (Å²) in [6.45, 7) is 3.61. The van der Waals surface area contributed by atoms with E-state index in [2.05, 4.69) is 41.3 Å². The SMILES string of the molecule is c1cc2cc(OC3CCC4(CCCCC4)CC3)ccc2cc1CN1CCCCC1. The Balaban J connectivity index is 1.20. The minimum atomic E-state index is 0.415. The summed E-state index contributed by atoms with van der Waals surface area (Å²) < 4.78 is 6.44. The lowest BCUT2D eigenvalue weighted by Crippen LogP contribution is -2.33. The van der Waals surface area contributed by atoms with E-state index in [0.717, 1.165) is 12.3 Å². The molecular weight excluding hydrogens is 354 g/mol. The largest absolute Gasteiger partial charge is 0.490 e. The van der Waals surface area contributed by atoms with E-state index in [1.54, 1.807) is 0 Å². The first kappa shape index (κ1) is 19.4. The van der Waals surface area contributed by atoms with Crippen molar-refractivity contribution in [1.82, 2.24) is 4.90 Å². The Bertz CT molecular complexity index is 806. The molecule has 2 aromatic carbocycles. The second-order valence-corrected chi connectivity index (χ2v) is 10.1. The van der Waals surface area contributed by atoms with Crippen LogP contribution in [0, 0.1) is 5.41 Å². The van der Waals surface area contributed by atoms with Crippen LogP contribution in [0.4, 0.5) is 0 Å². The van der Waals surface area contributed by atoms with Gasteiger partial charge >= 0.3 is 0 Å². The third-order valence-electron chi connectivity index (χ3n) is 7.94. The van der Waals surface area contributed by atoms with Crippen LogP contribution in [0.3, 0.4) is 0 Å². The standard InChI is InChI=1S/C27H37NO/c1-3-13-27(14-4-1)15-11-25(12-16-27)29-26-10-9-23-19-22(7-8-24(23)20-26)21-28-17-5-2-6-18-28/h7-10,19-20,25H,1-6,11-18,21H2. The van der Waals surface area contributed by atoms with Crippen molar-refractivity contribution >= 4 is 10.8 Å². The Morgan fingerprint density at radius 3 is 2.24 bits per heavy atom. The van der Waals surface area contributed by atoms with E-state index in [4.69, 9.17) is 4.74 Å². The molecule has 3 aliphatic rings. The van der Waals surface area contributed by atoms with Crippen LogP contribution in [0.15, 0.2) is 36.4 Å². The number of piperidine rings is 1. The highest BCUT2D eigenvalue weighted by Crippen LogP contribution is 2.48. The molecule has 2 nitrogen and oxygen atoms in total. The molecule has 0 unspecified atom stereocenters. The minimum absolute atomic E-state index is 0.415. The summed E-state index contributed by atoms with van der Waals surface area (Å²) in [5, 5.41) is 2.65. The lowest BCUT2D eigenvalue weighted by atomic mass is 9.65. The monoisotopic (exact) mass is 391 g/mol. The van der Waals surface area contributed by atoms with Gasteiger partial charge in [-0.2, -0.15) is 0 Å². The summed E-state index contributed by atoms with van der Waals surface area (Å²) in [6, 6.07) is 13.7. The molecule has 0 aromatic heterocycles. The minimum Gasteiger partial charge on any atom is -0.490 e. The normalized spacial score (nSPS) is 23.4. The number of hydrogen-bond acceptors (Lipinski definition) is 2. The van der Waals surface area contributed by atoms with Gasteiger partial charge in [0.05, 0.1) is 6.10 Å². The fourth-order valence-electron chi connectivity index (χ4n) is 6.14. The number of likely N-dealkylation sites (tertiary alicyclic amines) is 1. The van der Waals surface area contributed by atoms with Gasteiger partial charge in [-0.1, -0.05) is 43.9 Å². The van der Waals surface area contributed by atoms with E-state index in [9.17, 15) is 0 Å². The molecule has 2 aliphatic carbocycles. The molecule has 2 heteroatoms. The fourth-order valence-corrected chi connectivity index (χ4v) is 6.14. The van der Waals surface area contributed by atoms with E-state index in [1.807, 2.05) is 0 Å². The summed E-state index contributed by atoms with van der Waals surface area (Å²) in [4.78, 5) is 2.60. The predicted molar refractivity (Wildman–Crippen MR) is 121 cm³/mol. The molecule has 1 spiro atoms. The Morgan fingerprint density at radius 1 is 0.759 bits per heavy atom. The Kier molecular flexibility index (Phi) is 5.81. The molecule has 0 amide bonds. The van der Waals surface area contributed by atoms with Crippen LogP contribution in [-0.4, -0.2) is 24.1 Å². The lowest BCUT2D eigenvalue weighted by Gasteiger charge is -2.42. The van der Waals surface area contributed by atoms with Crippen LogP contribution < -0.4 is 4.74 Å². The van der Waals surface area contributed by atoms with Gasteiger partial charge < -0.3 is 4.74 Å². The van der Waals surface area contributed by atoms with Gasteiger partial charge in [-0.05, 0) is 104 Å². The summed E-state index contributed by atoms with van der Waals surface area (Å²) in [5.74, 6) is 1.06. The van der Waals surface area contributed by atoms with Crippen molar-refractivity contribution in [3.63, 3.8) is 0 Å². The topological polar surface area (TPSA) is 12.5 Å². The maximum atomic E-state index is 6.44. The van der Waals surface area contributed by atoms with Gasteiger partial charge in [0, 0.05) is 6.54 Å². The average molecular weight is 392 g/mol. The second kappa shape index (κ2) is 8.68. The number of ether oxygens (including phenoxy) is 1. The summed E-state index contributed by atoms with van der Waals surface area (Å²) in [6.07, 6.45) is 17.1. The third-order valence-corrected chi connectivity index (χ3v) is 7.94. The van der Waals surface area contributed by atoms with E-state index in [0.29, 0.717) is 11.5 Å². The van der Waals surface area contributed by atoms with Crippen LogP contribution in [-0.2, 0) is 6.54 Å². The molecule has 2 aromatic rings. The maximum absolute atomic E-state index is 6.44. The zero-order valence-electron chi connectivity index (χ0n) is 18.0. The Morgan fingerprint density at radius 2 is 1.45 bits per heavy atom. The fraction of sp³-hybridized carbons (Fsp3) is 0.630. The van der Waals surface area contributed by atoms with Crippen molar-refractivity contribution < 1.29 is 4.74 Å². The number of hydrogen-bond donors (Lipinski definition) is 0. The molecule has 2 saturated carbocycles. The van der Waals surface area contributed by atoms with Crippen LogP contribution in [0.25, 0.3) is 10.8 Å². The highest BCUT2D eigenvalue weighted by molar-refractivity contribution is 5.84. The van der Waals surface area contributed by atoms with Gasteiger partial charge in [0.15, 0.2) is 0 Å². The Labute approximate surface area is 176 Å².